The Morgan fingerprint density at radius 3 is 2.89 bits per heavy atom. The highest BCUT2D eigenvalue weighted by molar-refractivity contribution is 5.97. The number of ether oxygens (including phenoxy) is 1. The number of anilines is 1. The Hall–Kier alpha value is -2.15. The Kier molecular flexibility index (Phi) is 5.06. The van der Waals surface area contributed by atoms with Gasteiger partial charge in [-0.25, -0.2) is 4.98 Å². The number of pyridine rings is 1. The van der Waals surface area contributed by atoms with Gasteiger partial charge in [0.1, 0.15) is 5.82 Å². The molecule has 0 fully saturated rings. The maximum absolute atomic E-state index is 11.1. The van der Waals surface area contributed by atoms with E-state index in [0.29, 0.717) is 5.82 Å². The van der Waals surface area contributed by atoms with Crippen LogP contribution in [0.1, 0.15) is 16.8 Å². The summed E-state index contributed by atoms with van der Waals surface area (Å²) in [5.74, 6) is -1.24. The molecule has 1 unspecified atom stereocenters. The molecule has 0 saturated carbocycles. The van der Waals surface area contributed by atoms with E-state index < -0.39 is 18.0 Å². The first kappa shape index (κ1) is 13.9. The van der Waals surface area contributed by atoms with Gasteiger partial charge in [0.15, 0.2) is 0 Å². The van der Waals surface area contributed by atoms with E-state index in [1.165, 1.54) is 19.4 Å². The van der Waals surface area contributed by atoms with Crippen molar-refractivity contribution in [2.45, 2.75) is 12.5 Å². The fourth-order valence-corrected chi connectivity index (χ4v) is 1.39. The van der Waals surface area contributed by atoms with Crippen LogP contribution in [-0.2, 0) is 9.53 Å². The van der Waals surface area contributed by atoms with Crippen LogP contribution >= 0.6 is 0 Å². The summed E-state index contributed by atoms with van der Waals surface area (Å²) in [4.78, 5) is 25.7. The normalized spacial score (nSPS) is 11.8. The van der Waals surface area contributed by atoms with E-state index >= 15 is 0 Å². The monoisotopic (exact) mass is 253 g/mol. The number of methoxy groups -OCH3 is 1. The summed E-state index contributed by atoms with van der Waals surface area (Å²) in [6, 6.07) is 3.13. The maximum atomic E-state index is 11.1. The summed E-state index contributed by atoms with van der Waals surface area (Å²) in [5.41, 5.74) is 5.44. The fraction of sp³-hybridized carbons (Fsp3) is 0.364. The molecule has 0 aliphatic heterocycles. The van der Waals surface area contributed by atoms with Gasteiger partial charge in [0, 0.05) is 19.9 Å². The average molecular weight is 253 g/mol. The van der Waals surface area contributed by atoms with Gasteiger partial charge < -0.3 is 20.9 Å². The van der Waals surface area contributed by atoms with E-state index in [1.807, 2.05) is 0 Å². The molecule has 18 heavy (non-hydrogen) atoms. The zero-order valence-electron chi connectivity index (χ0n) is 9.92. The molecule has 1 aromatic rings. The summed E-state index contributed by atoms with van der Waals surface area (Å²) in [7, 11) is 1.42. The Labute approximate surface area is 104 Å². The number of nitrogens with zero attached hydrogens (tertiary/aromatic N) is 1. The molecule has 0 aromatic carbocycles. The highest BCUT2D eigenvalue weighted by Gasteiger charge is 2.14. The maximum Gasteiger partial charge on any atom is 0.306 e. The van der Waals surface area contributed by atoms with Gasteiger partial charge in [-0.15, -0.1) is 0 Å². The van der Waals surface area contributed by atoms with Crippen LogP contribution in [-0.4, -0.2) is 41.7 Å². The van der Waals surface area contributed by atoms with Crippen LogP contribution in [0.4, 0.5) is 5.82 Å². The Balaban J connectivity index is 2.67. The molecule has 4 N–H and O–H groups in total. The van der Waals surface area contributed by atoms with E-state index in [9.17, 15) is 9.59 Å². The van der Waals surface area contributed by atoms with Crippen LogP contribution < -0.4 is 11.1 Å². The zero-order chi connectivity index (χ0) is 13.5. The molecule has 98 valence electrons. The lowest BCUT2D eigenvalue weighted by atomic mass is 10.2. The summed E-state index contributed by atoms with van der Waals surface area (Å²) in [6.45, 7) is 0.222. The average Bonchev–Trinajstić information content (AvgIpc) is 2.34. The quantitative estimate of drug-likeness (QED) is 0.634. The summed E-state index contributed by atoms with van der Waals surface area (Å²) in [6.07, 6.45) is 0.862. The molecule has 7 heteroatoms. The lowest BCUT2D eigenvalue weighted by Gasteiger charge is -2.15. The molecule has 0 saturated heterocycles. The van der Waals surface area contributed by atoms with Crippen molar-refractivity contribution in [2.24, 2.45) is 5.73 Å². The van der Waals surface area contributed by atoms with Crippen molar-refractivity contribution in [1.82, 2.24) is 4.98 Å². The minimum atomic E-state index is -0.959. The smallest absolute Gasteiger partial charge is 0.306 e. The number of amides is 1. The first-order valence-electron chi connectivity index (χ1n) is 5.28. The number of hydrogen-bond acceptors (Lipinski definition) is 5. The molecule has 7 nitrogen and oxygen atoms in total. The van der Waals surface area contributed by atoms with Gasteiger partial charge in [-0.1, -0.05) is 0 Å². The third-order valence-electron chi connectivity index (χ3n) is 2.31. The molecule has 1 aromatic heterocycles. The number of aromatic nitrogens is 1. The number of carbonyl (C=O) groups excluding carboxylic acids is 1. The molecular formula is C11H15N3O4. The molecule has 1 atom stereocenters. The number of hydrogen-bond donors (Lipinski definition) is 3. The standard InChI is InChI=1S/C11H15N3O4/c1-18-7(5-9(15)16)6-14-11-8(10(12)17)3-2-4-13-11/h2-4,7H,5-6H2,1H3,(H2,12,17)(H,13,14)(H,15,16). The first-order chi connectivity index (χ1) is 8.54. The Bertz CT molecular complexity index is 436. The van der Waals surface area contributed by atoms with E-state index in [2.05, 4.69) is 10.3 Å². The van der Waals surface area contributed by atoms with Crippen LogP contribution in [0.3, 0.4) is 0 Å². The number of primary amides is 1. The van der Waals surface area contributed by atoms with Gasteiger partial charge in [-0.2, -0.15) is 0 Å². The summed E-state index contributed by atoms with van der Waals surface area (Å²) < 4.78 is 5.00. The van der Waals surface area contributed by atoms with Gasteiger partial charge in [0.2, 0.25) is 0 Å². The van der Waals surface area contributed by atoms with Crippen LogP contribution in [0, 0.1) is 0 Å². The second-order valence-corrected chi connectivity index (χ2v) is 3.60. The predicted octanol–water partition coefficient (Wildman–Crippen LogP) is 0.0821. The molecule has 0 aliphatic rings. The van der Waals surface area contributed by atoms with Gasteiger partial charge in [0.05, 0.1) is 18.1 Å². The van der Waals surface area contributed by atoms with Crippen molar-refractivity contribution in [2.75, 3.05) is 19.0 Å². The fourth-order valence-electron chi connectivity index (χ4n) is 1.39. The predicted molar refractivity (Wildman–Crippen MR) is 64.3 cm³/mol. The molecular weight excluding hydrogens is 238 g/mol. The molecule has 0 radical (unpaired) electrons. The van der Waals surface area contributed by atoms with Gasteiger partial charge in [-0.05, 0) is 12.1 Å². The minimum Gasteiger partial charge on any atom is -0.481 e. The molecule has 0 aliphatic carbocycles. The van der Waals surface area contributed by atoms with Crippen LogP contribution in [0.25, 0.3) is 0 Å². The number of rotatable bonds is 7. The zero-order valence-corrected chi connectivity index (χ0v) is 9.92. The minimum absolute atomic E-state index is 0.137. The number of carboxylic acid groups (broad SMARTS) is 1. The Morgan fingerprint density at radius 1 is 1.61 bits per heavy atom. The molecule has 1 amide bonds. The Morgan fingerprint density at radius 2 is 2.33 bits per heavy atom. The number of nitrogens with two attached hydrogens (primary N) is 1. The highest BCUT2D eigenvalue weighted by atomic mass is 16.5. The lowest BCUT2D eigenvalue weighted by molar-refractivity contribution is -0.139. The van der Waals surface area contributed by atoms with Crippen molar-refractivity contribution in [3.05, 3.63) is 23.9 Å². The number of carboxylic acids is 1. The van der Waals surface area contributed by atoms with Crippen LogP contribution in [0.5, 0.6) is 0 Å². The lowest BCUT2D eigenvalue weighted by Crippen LogP contribution is -2.26. The summed E-state index contributed by atoms with van der Waals surface area (Å²) >= 11 is 0. The van der Waals surface area contributed by atoms with Gasteiger partial charge >= 0.3 is 5.97 Å². The molecule has 0 bridgehead atoms. The highest BCUT2D eigenvalue weighted by Crippen LogP contribution is 2.11. The van der Waals surface area contributed by atoms with Gasteiger partial charge in [-0.3, -0.25) is 9.59 Å². The summed E-state index contributed by atoms with van der Waals surface area (Å²) in [5, 5.41) is 11.5. The topological polar surface area (TPSA) is 115 Å². The third-order valence-corrected chi connectivity index (χ3v) is 2.31. The number of aliphatic carboxylic acids is 1. The second kappa shape index (κ2) is 6.55. The molecule has 1 rings (SSSR count). The van der Waals surface area contributed by atoms with Crippen molar-refractivity contribution in [1.29, 1.82) is 0 Å². The van der Waals surface area contributed by atoms with Crippen LogP contribution in [0.2, 0.25) is 0 Å². The number of carbonyl (C=O) groups is 2. The second-order valence-electron chi connectivity index (χ2n) is 3.60. The number of nitrogens with one attached hydrogen (secondary N) is 1. The van der Waals surface area contributed by atoms with E-state index in [1.54, 1.807) is 6.07 Å². The SMILES string of the molecule is COC(CNc1ncccc1C(N)=O)CC(=O)O. The van der Waals surface area contributed by atoms with E-state index in [0.717, 1.165) is 0 Å². The van der Waals surface area contributed by atoms with Crippen molar-refractivity contribution in [3.8, 4) is 0 Å². The van der Waals surface area contributed by atoms with E-state index in [-0.39, 0.29) is 18.5 Å². The molecule has 0 spiro atoms. The van der Waals surface area contributed by atoms with Crippen molar-refractivity contribution < 1.29 is 19.4 Å². The van der Waals surface area contributed by atoms with Crippen molar-refractivity contribution in [3.63, 3.8) is 0 Å². The largest absolute Gasteiger partial charge is 0.481 e. The first-order valence-corrected chi connectivity index (χ1v) is 5.28. The van der Waals surface area contributed by atoms with Gasteiger partial charge in [0.25, 0.3) is 5.91 Å². The third kappa shape index (κ3) is 4.02. The van der Waals surface area contributed by atoms with E-state index in [4.69, 9.17) is 15.6 Å². The van der Waals surface area contributed by atoms with Crippen molar-refractivity contribution >= 4 is 17.7 Å². The van der Waals surface area contributed by atoms with Crippen LogP contribution in [0.15, 0.2) is 18.3 Å². The molecule has 1 heterocycles.